The maximum Gasteiger partial charge on any atom is 0.416 e. The molecule has 1 aliphatic heterocycles. The number of urea groups is 1. The summed E-state index contributed by atoms with van der Waals surface area (Å²) in [6.07, 6.45) is -3.96. The van der Waals surface area contributed by atoms with Gasteiger partial charge in [0, 0.05) is 29.9 Å². The maximum atomic E-state index is 14.1. The van der Waals surface area contributed by atoms with Crippen LogP contribution < -0.4 is 15.0 Å². The number of hydrogen-bond acceptors (Lipinski definition) is 3. The van der Waals surface area contributed by atoms with E-state index >= 15 is 0 Å². The average molecular weight is 501 g/mol. The molecule has 0 spiro atoms. The zero-order valence-electron chi connectivity index (χ0n) is 19.3. The summed E-state index contributed by atoms with van der Waals surface area (Å²) < 4.78 is 58.6. The Bertz CT molecular complexity index is 1280. The van der Waals surface area contributed by atoms with Gasteiger partial charge in [0.1, 0.15) is 11.6 Å². The fraction of sp³-hybridized carbons (Fsp3) is 0.231. The normalized spacial score (nSPS) is 14.1. The first-order chi connectivity index (χ1) is 17.2. The summed E-state index contributed by atoms with van der Waals surface area (Å²) in [5, 5.41) is 2.58. The first-order valence-corrected chi connectivity index (χ1v) is 11.1. The van der Waals surface area contributed by atoms with E-state index in [1.165, 1.54) is 41.2 Å². The predicted octanol–water partition coefficient (Wildman–Crippen LogP) is 5.94. The zero-order chi connectivity index (χ0) is 25.9. The quantitative estimate of drug-likeness (QED) is 0.426. The van der Waals surface area contributed by atoms with Crippen LogP contribution in [0.15, 0.2) is 66.7 Å². The topological polar surface area (TPSA) is 61.9 Å². The number of halogens is 4. The predicted molar refractivity (Wildman–Crippen MR) is 127 cm³/mol. The highest BCUT2D eigenvalue weighted by Crippen LogP contribution is 2.34. The molecule has 4 rings (SSSR count). The maximum absolute atomic E-state index is 14.1. The molecule has 0 unspecified atom stereocenters. The Morgan fingerprint density at radius 3 is 2.53 bits per heavy atom. The highest BCUT2D eigenvalue weighted by Gasteiger charge is 2.31. The van der Waals surface area contributed by atoms with Crippen molar-refractivity contribution in [2.45, 2.75) is 19.1 Å². The number of benzene rings is 3. The highest BCUT2D eigenvalue weighted by molar-refractivity contribution is 6.05. The van der Waals surface area contributed by atoms with Gasteiger partial charge in [0.05, 0.1) is 24.9 Å². The van der Waals surface area contributed by atoms with Crippen LogP contribution in [-0.2, 0) is 12.7 Å². The standard InChI is InChI=1S/C26H23F4N3O3/c1-36-23-11-10-20(31-24(34)17-7-4-8-19(14-17)26(28,29)30)15-22(23)33-13-5-12-32(25(33)35)16-18-6-2-3-9-21(18)27/h2-4,6-11,14-15H,5,12-13,16H2,1H3,(H,31,34). The molecule has 0 aromatic heterocycles. The first-order valence-electron chi connectivity index (χ1n) is 11.1. The Balaban J connectivity index is 1.56. The molecule has 1 fully saturated rings. The largest absolute Gasteiger partial charge is 0.495 e. The van der Waals surface area contributed by atoms with Crippen LogP contribution in [0.5, 0.6) is 5.75 Å². The van der Waals surface area contributed by atoms with Gasteiger partial charge in [0.2, 0.25) is 0 Å². The molecule has 0 atom stereocenters. The van der Waals surface area contributed by atoms with Gasteiger partial charge in [0.15, 0.2) is 0 Å². The van der Waals surface area contributed by atoms with Crippen LogP contribution in [0.4, 0.5) is 33.7 Å². The van der Waals surface area contributed by atoms with Crippen molar-refractivity contribution in [2.24, 2.45) is 0 Å². The van der Waals surface area contributed by atoms with Crippen LogP contribution >= 0.6 is 0 Å². The number of alkyl halides is 3. The molecule has 3 aromatic rings. The summed E-state index contributed by atoms with van der Waals surface area (Å²) in [7, 11) is 1.44. The minimum Gasteiger partial charge on any atom is -0.495 e. The van der Waals surface area contributed by atoms with E-state index in [1.54, 1.807) is 24.3 Å². The van der Waals surface area contributed by atoms with Gasteiger partial charge in [-0.3, -0.25) is 9.69 Å². The van der Waals surface area contributed by atoms with Crippen molar-refractivity contribution in [3.05, 3.63) is 89.2 Å². The fourth-order valence-electron chi connectivity index (χ4n) is 4.00. The van der Waals surface area contributed by atoms with E-state index in [2.05, 4.69) is 5.32 Å². The third-order valence-corrected chi connectivity index (χ3v) is 5.81. The fourth-order valence-corrected chi connectivity index (χ4v) is 4.00. The van der Waals surface area contributed by atoms with Gasteiger partial charge < -0.3 is 15.0 Å². The highest BCUT2D eigenvalue weighted by atomic mass is 19.4. The Labute approximate surface area is 205 Å². The van der Waals surface area contributed by atoms with Crippen LogP contribution in [0.1, 0.15) is 27.9 Å². The molecule has 1 aliphatic rings. The van der Waals surface area contributed by atoms with Crippen LogP contribution in [0, 0.1) is 5.82 Å². The molecule has 1 heterocycles. The van der Waals surface area contributed by atoms with Gasteiger partial charge in [-0.1, -0.05) is 24.3 Å². The summed E-state index contributed by atoms with van der Waals surface area (Å²) in [6.45, 7) is 0.905. The van der Waals surface area contributed by atoms with Crippen LogP contribution in [0.25, 0.3) is 0 Å². The summed E-state index contributed by atoms with van der Waals surface area (Å²) in [5.41, 5.74) is -0.0525. The number of amides is 3. The Morgan fingerprint density at radius 1 is 1.03 bits per heavy atom. The molecule has 3 aromatic carbocycles. The van der Waals surface area contributed by atoms with Crippen molar-refractivity contribution in [3.8, 4) is 5.75 Å². The lowest BCUT2D eigenvalue weighted by molar-refractivity contribution is -0.137. The number of rotatable bonds is 6. The van der Waals surface area contributed by atoms with Crippen molar-refractivity contribution < 1.29 is 31.9 Å². The number of nitrogens with zero attached hydrogens (tertiary/aromatic N) is 2. The van der Waals surface area contributed by atoms with Crippen LogP contribution in [0.3, 0.4) is 0 Å². The monoisotopic (exact) mass is 501 g/mol. The summed E-state index contributed by atoms with van der Waals surface area (Å²) >= 11 is 0. The lowest BCUT2D eigenvalue weighted by Gasteiger charge is -2.36. The summed E-state index contributed by atoms with van der Waals surface area (Å²) in [5.74, 6) is -0.768. The van der Waals surface area contributed by atoms with E-state index in [-0.39, 0.29) is 23.8 Å². The van der Waals surface area contributed by atoms with E-state index in [9.17, 15) is 27.2 Å². The number of nitrogens with one attached hydrogen (secondary N) is 1. The summed E-state index contributed by atoms with van der Waals surface area (Å²) in [6, 6.07) is 14.6. The number of carbonyl (C=O) groups is 2. The SMILES string of the molecule is COc1ccc(NC(=O)c2cccc(C(F)(F)F)c2)cc1N1CCCN(Cc2ccccc2F)C1=O. The van der Waals surface area contributed by atoms with Gasteiger partial charge >= 0.3 is 12.2 Å². The second-order valence-corrected chi connectivity index (χ2v) is 8.22. The number of carbonyl (C=O) groups excluding carboxylic acids is 2. The van der Waals surface area contributed by atoms with Gasteiger partial charge in [0.25, 0.3) is 5.91 Å². The second-order valence-electron chi connectivity index (χ2n) is 8.22. The lowest BCUT2D eigenvalue weighted by Crippen LogP contribution is -2.49. The van der Waals surface area contributed by atoms with Crippen molar-refractivity contribution in [1.82, 2.24) is 4.90 Å². The van der Waals surface area contributed by atoms with Crippen molar-refractivity contribution in [1.29, 1.82) is 0 Å². The third kappa shape index (κ3) is 5.42. The van der Waals surface area contributed by atoms with Gasteiger partial charge in [-0.25, -0.2) is 9.18 Å². The summed E-state index contributed by atoms with van der Waals surface area (Å²) in [4.78, 5) is 28.9. The number of anilines is 2. The van der Waals surface area contributed by atoms with E-state index in [0.717, 1.165) is 18.2 Å². The average Bonchev–Trinajstić information content (AvgIpc) is 2.86. The number of ether oxygens (including phenoxy) is 1. The Hall–Kier alpha value is -4.08. The first kappa shape index (κ1) is 25.0. The van der Waals surface area contributed by atoms with E-state index in [1.807, 2.05) is 0 Å². The van der Waals surface area contributed by atoms with E-state index < -0.39 is 23.5 Å². The molecule has 36 heavy (non-hydrogen) atoms. The second kappa shape index (κ2) is 10.3. The molecule has 10 heteroatoms. The van der Waals surface area contributed by atoms with Crippen molar-refractivity contribution in [3.63, 3.8) is 0 Å². The molecular weight excluding hydrogens is 478 g/mol. The van der Waals surface area contributed by atoms with Crippen LogP contribution in [-0.4, -0.2) is 37.0 Å². The third-order valence-electron chi connectivity index (χ3n) is 5.81. The number of hydrogen-bond donors (Lipinski definition) is 1. The Kier molecular flexibility index (Phi) is 7.14. The molecule has 188 valence electrons. The molecule has 0 bridgehead atoms. The van der Waals surface area contributed by atoms with Crippen LogP contribution in [0.2, 0.25) is 0 Å². The molecule has 0 radical (unpaired) electrons. The van der Waals surface area contributed by atoms with Gasteiger partial charge in [-0.15, -0.1) is 0 Å². The van der Waals surface area contributed by atoms with Gasteiger partial charge in [-0.2, -0.15) is 13.2 Å². The molecule has 3 amide bonds. The smallest absolute Gasteiger partial charge is 0.416 e. The molecular formula is C26H23F4N3O3. The van der Waals surface area contributed by atoms with Crippen molar-refractivity contribution in [2.75, 3.05) is 30.4 Å². The molecule has 0 aliphatic carbocycles. The minimum atomic E-state index is -4.58. The van der Waals surface area contributed by atoms with Crippen molar-refractivity contribution >= 4 is 23.3 Å². The molecule has 1 N–H and O–H groups in total. The van der Waals surface area contributed by atoms with E-state index in [0.29, 0.717) is 36.5 Å². The number of methoxy groups -OCH3 is 1. The molecule has 1 saturated heterocycles. The molecule has 0 saturated carbocycles. The Morgan fingerprint density at radius 2 is 1.81 bits per heavy atom. The zero-order valence-corrected chi connectivity index (χ0v) is 19.3. The van der Waals surface area contributed by atoms with E-state index in [4.69, 9.17) is 4.74 Å². The van der Waals surface area contributed by atoms with Gasteiger partial charge in [-0.05, 0) is 48.9 Å². The molecule has 6 nitrogen and oxygen atoms in total. The minimum absolute atomic E-state index is 0.0935. The lowest BCUT2D eigenvalue weighted by atomic mass is 10.1.